The van der Waals surface area contributed by atoms with Gasteiger partial charge in [-0.2, -0.15) is 0 Å². The molecule has 6 nitrogen and oxygen atoms in total. The molecule has 0 fully saturated rings. The molecule has 0 aliphatic heterocycles. The molecule has 0 aliphatic rings. The summed E-state index contributed by atoms with van der Waals surface area (Å²) in [5.41, 5.74) is 0.179. The molecule has 0 saturated carbocycles. The number of ether oxygens (including phenoxy) is 2. The van der Waals surface area contributed by atoms with E-state index in [2.05, 4.69) is 15.6 Å². The third-order valence-corrected chi connectivity index (χ3v) is 3.84. The average molecular weight is 285 g/mol. The van der Waals surface area contributed by atoms with Crippen LogP contribution in [-0.2, 0) is 10.0 Å². The molecule has 0 aliphatic carbocycles. The lowest BCUT2D eigenvalue weighted by molar-refractivity contribution is 0.356. The monoisotopic (exact) mass is 285 g/mol. The van der Waals surface area contributed by atoms with E-state index in [9.17, 15) is 8.42 Å². The van der Waals surface area contributed by atoms with Crippen molar-refractivity contribution in [1.82, 2.24) is 4.72 Å². The predicted molar refractivity (Wildman–Crippen MR) is 73.0 cm³/mol. The van der Waals surface area contributed by atoms with E-state index < -0.39 is 10.0 Å². The lowest BCUT2D eigenvalue weighted by atomic mass is 10.2. The summed E-state index contributed by atoms with van der Waals surface area (Å²) < 4.78 is 36.5. The van der Waals surface area contributed by atoms with Crippen molar-refractivity contribution in [2.75, 3.05) is 21.3 Å². The molecule has 19 heavy (non-hydrogen) atoms. The Morgan fingerprint density at radius 2 is 2.00 bits per heavy atom. The number of nitrogens with one attached hydrogen (secondary N) is 1. The second-order valence-electron chi connectivity index (χ2n) is 3.48. The van der Waals surface area contributed by atoms with E-state index in [4.69, 9.17) is 9.47 Å². The summed E-state index contributed by atoms with van der Waals surface area (Å²) in [5, 5.41) is 0. The highest BCUT2D eigenvalue weighted by Gasteiger charge is 2.30. The lowest BCUT2D eigenvalue weighted by Crippen LogP contribution is -2.18. The van der Waals surface area contributed by atoms with Gasteiger partial charge in [-0.15, -0.1) is 0 Å². The van der Waals surface area contributed by atoms with Crippen molar-refractivity contribution in [3.05, 3.63) is 17.0 Å². The molecule has 0 spiro atoms. The Morgan fingerprint density at radius 1 is 1.32 bits per heavy atom. The normalized spacial score (nSPS) is 10.5. The summed E-state index contributed by atoms with van der Waals surface area (Å²) in [4.78, 5) is 4.07. The van der Waals surface area contributed by atoms with Crippen molar-refractivity contribution in [2.45, 2.75) is 18.2 Å². The minimum absolute atomic E-state index is 0.0219. The van der Waals surface area contributed by atoms with Gasteiger partial charge in [0.25, 0.3) is 11.8 Å². The zero-order chi connectivity index (χ0) is 14.5. The van der Waals surface area contributed by atoms with E-state index in [1.54, 1.807) is 0 Å². The van der Waals surface area contributed by atoms with Gasteiger partial charge < -0.3 is 9.47 Å². The quantitative estimate of drug-likeness (QED) is 0.918. The van der Waals surface area contributed by atoms with Gasteiger partial charge in [0.15, 0.2) is 10.6 Å². The summed E-state index contributed by atoms with van der Waals surface area (Å²) in [5.74, 6) is 0.675. The zero-order valence-corrected chi connectivity index (χ0v) is 12.2. The number of rotatable bonds is 4. The maximum Gasteiger partial charge on any atom is 0.405 e. The third kappa shape index (κ3) is 3.16. The van der Waals surface area contributed by atoms with Crippen LogP contribution in [0.5, 0.6) is 11.5 Å². The van der Waals surface area contributed by atoms with E-state index in [1.807, 2.05) is 6.92 Å². The van der Waals surface area contributed by atoms with Crippen molar-refractivity contribution in [3.63, 3.8) is 0 Å². The molecule has 1 aromatic carbocycles. The Hall–Kier alpha value is -1.78. The van der Waals surface area contributed by atoms with E-state index >= 15 is 0 Å². The predicted octanol–water partition coefficient (Wildman–Crippen LogP) is 1.99. The maximum atomic E-state index is 12.0. The van der Waals surface area contributed by atoms with Gasteiger partial charge in [0.1, 0.15) is 0 Å². The Kier molecular flexibility index (Phi) is 5.15. The molecular formula is C12H17N2O4S+. The number of hydrogen-bond donors (Lipinski definition) is 1. The van der Waals surface area contributed by atoms with Crippen molar-refractivity contribution >= 4 is 15.7 Å². The van der Waals surface area contributed by atoms with E-state index in [-0.39, 0.29) is 16.3 Å². The molecule has 104 valence electrons. The zero-order valence-electron chi connectivity index (χ0n) is 11.4. The van der Waals surface area contributed by atoms with Gasteiger partial charge in [-0.05, 0) is 30.9 Å². The van der Waals surface area contributed by atoms with E-state index in [1.165, 1.54) is 33.4 Å². The Balaban J connectivity index is 3.66. The number of hydrogen-bond acceptors (Lipinski definition) is 4. The van der Waals surface area contributed by atoms with Gasteiger partial charge in [0.05, 0.1) is 20.6 Å². The van der Waals surface area contributed by atoms with Crippen LogP contribution in [0.25, 0.3) is 4.85 Å². The first-order valence-electron chi connectivity index (χ1n) is 5.63. The van der Waals surface area contributed by atoms with Crippen molar-refractivity contribution in [2.24, 2.45) is 0 Å². The smallest absolute Gasteiger partial charge is 0.405 e. The van der Waals surface area contributed by atoms with E-state index in [0.29, 0.717) is 12.2 Å². The highest BCUT2D eigenvalue weighted by molar-refractivity contribution is 7.89. The van der Waals surface area contributed by atoms with Crippen LogP contribution in [0.2, 0.25) is 0 Å². The molecule has 0 unspecified atom stereocenters. The molecule has 0 saturated heterocycles. The van der Waals surface area contributed by atoms with Crippen LogP contribution in [0.15, 0.2) is 17.0 Å². The van der Waals surface area contributed by atoms with Gasteiger partial charge in [-0.25, -0.2) is 13.1 Å². The number of nitrogens with zero attached hydrogens (tertiary/aromatic N) is 1. The minimum Gasteiger partial charge on any atom is -0.493 e. The van der Waals surface area contributed by atoms with Crippen LogP contribution in [0, 0.1) is 6.07 Å². The molecule has 0 amide bonds. The number of benzene rings is 1. The van der Waals surface area contributed by atoms with Gasteiger partial charge >= 0.3 is 5.69 Å². The van der Waals surface area contributed by atoms with Crippen LogP contribution >= 0.6 is 0 Å². The standard InChI is InChI=1S/C12H17N2O4S/c1-5-8-14-11-10(19(15,16)13-2)7-6-9(17-3)12(11)18-4/h6-7,13H,5H2,1-4H3/q+1. The van der Waals surface area contributed by atoms with Crippen LogP contribution < -0.4 is 14.2 Å². The van der Waals surface area contributed by atoms with Gasteiger partial charge in [0, 0.05) is 0 Å². The van der Waals surface area contributed by atoms with Gasteiger partial charge in [-0.3, -0.25) is 0 Å². The van der Waals surface area contributed by atoms with Crippen LogP contribution in [0.1, 0.15) is 13.3 Å². The summed E-state index contributed by atoms with van der Waals surface area (Å²) in [6, 6.07) is 5.67. The minimum atomic E-state index is -3.64. The van der Waals surface area contributed by atoms with Gasteiger partial charge in [0.2, 0.25) is 10.0 Å². The highest BCUT2D eigenvalue weighted by atomic mass is 32.2. The highest BCUT2D eigenvalue weighted by Crippen LogP contribution is 2.42. The first kappa shape index (κ1) is 15.3. The Labute approximate surface area is 113 Å². The topological polar surface area (TPSA) is 69.0 Å². The fraction of sp³-hybridized carbons (Fsp3) is 0.417. The van der Waals surface area contributed by atoms with Crippen molar-refractivity contribution < 1.29 is 17.9 Å². The SMILES string of the molecule is CCC#[N+]c1c(S(=O)(=O)NC)ccc(OC)c1OC. The maximum absolute atomic E-state index is 12.0. The largest absolute Gasteiger partial charge is 0.493 e. The molecule has 0 bridgehead atoms. The molecular weight excluding hydrogens is 268 g/mol. The molecule has 1 aromatic rings. The molecule has 0 radical (unpaired) electrons. The molecule has 0 atom stereocenters. The molecule has 7 heteroatoms. The molecule has 1 N–H and O–H groups in total. The van der Waals surface area contributed by atoms with Crippen LogP contribution in [0.4, 0.5) is 5.69 Å². The summed E-state index contributed by atoms with van der Waals surface area (Å²) in [6.45, 7) is 1.85. The third-order valence-electron chi connectivity index (χ3n) is 2.39. The first-order chi connectivity index (χ1) is 9.01. The number of sulfonamides is 1. The van der Waals surface area contributed by atoms with Crippen LogP contribution in [0.3, 0.4) is 0 Å². The fourth-order valence-corrected chi connectivity index (χ4v) is 2.34. The van der Waals surface area contributed by atoms with Crippen molar-refractivity contribution in [1.29, 1.82) is 0 Å². The van der Waals surface area contributed by atoms with Crippen molar-refractivity contribution in [3.8, 4) is 17.6 Å². The molecule has 0 heterocycles. The Bertz CT molecular complexity index is 615. The fourth-order valence-electron chi connectivity index (χ4n) is 1.48. The number of methoxy groups -OCH3 is 2. The summed E-state index contributed by atoms with van der Waals surface area (Å²) in [6.07, 6.45) is 0.555. The first-order valence-corrected chi connectivity index (χ1v) is 7.12. The summed E-state index contributed by atoms with van der Waals surface area (Å²) >= 11 is 0. The van der Waals surface area contributed by atoms with Gasteiger partial charge in [-0.1, -0.05) is 0 Å². The molecule has 0 aromatic heterocycles. The average Bonchev–Trinajstić information content (AvgIpc) is 2.43. The molecule has 1 rings (SSSR count). The summed E-state index contributed by atoms with van der Waals surface area (Å²) in [7, 11) is 0.603. The van der Waals surface area contributed by atoms with Crippen LogP contribution in [-0.4, -0.2) is 29.7 Å². The Morgan fingerprint density at radius 3 is 2.47 bits per heavy atom. The second kappa shape index (κ2) is 6.41. The lowest BCUT2D eigenvalue weighted by Gasteiger charge is -2.07. The second-order valence-corrected chi connectivity index (χ2v) is 5.33. The van der Waals surface area contributed by atoms with E-state index in [0.717, 1.165) is 0 Å².